The van der Waals surface area contributed by atoms with Crippen LogP contribution in [0.25, 0.3) is 22.3 Å². The largest absolute Gasteiger partial charge is 0.488 e. The van der Waals surface area contributed by atoms with Crippen LogP contribution in [0, 0.1) is 15.9 Å². The second kappa shape index (κ2) is 11.0. The second-order valence-electron chi connectivity index (χ2n) is 8.79. The Kier molecular flexibility index (Phi) is 7.30. The predicted molar refractivity (Wildman–Crippen MR) is 143 cm³/mol. The number of alkyl halides is 3. The molecule has 0 spiro atoms. The fourth-order valence-electron chi connectivity index (χ4n) is 4.00. The molecule has 0 N–H and O–H groups in total. The monoisotopic (exact) mass is 562 g/mol. The highest BCUT2D eigenvalue weighted by Gasteiger charge is 2.31. The topological polar surface area (TPSA) is 99.6 Å². The third-order valence-electron chi connectivity index (χ3n) is 6.03. The van der Waals surface area contributed by atoms with E-state index in [4.69, 9.17) is 4.74 Å². The van der Waals surface area contributed by atoms with Gasteiger partial charge in [0.15, 0.2) is 5.82 Å². The first-order chi connectivity index (χ1) is 19.6. The molecule has 0 aliphatic carbocycles. The van der Waals surface area contributed by atoms with Crippen LogP contribution >= 0.6 is 0 Å². The summed E-state index contributed by atoms with van der Waals surface area (Å²) in [5.74, 6) is -0.440. The minimum Gasteiger partial charge on any atom is -0.488 e. The van der Waals surface area contributed by atoms with Crippen molar-refractivity contribution in [1.29, 1.82) is 0 Å². The average Bonchev–Trinajstić information content (AvgIpc) is 2.96. The van der Waals surface area contributed by atoms with Gasteiger partial charge in [-0.3, -0.25) is 14.9 Å². The fourth-order valence-corrected chi connectivity index (χ4v) is 4.00. The van der Waals surface area contributed by atoms with Gasteiger partial charge in [0.05, 0.1) is 27.6 Å². The molecule has 0 amide bonds. The third kappa shape index (κ3) is 5.96. The molecule has 0 aliphatic rings. The molecule has 5 aromatic rings. The number of hydrogen-bond donors (Lipinski definition) is 0. The average molecular weight is 562 g/mol. The SMILES string of the molecule is O=c1c2ccccc2nc(-c2cccc(C(F)(F)F)c2)n1N=Cc1cc([N+](=O)[O-])ccc1OCc1ccc(F)cc1. The van der Waals surface area contributed by atoms with Gasteiger partial charge in [-0.15, -0.1) is 0 Å². The fraction of sp³-hybridized carbons (Fsp3) is 0.0690. The first kappa shape index (κ1) is 27.2. The van der Waals surface area contributed by atoms with Gasteiger partial charge in [0.1, 0.15) is 18.2 Å². The summed E-state index contributed by atoms with van der Waals surface area (Å²) < 4.78 is 60.2. The van der Waals surface area contributed by atoms with E-state index >= 15 is 0 Å². The summed E-state index contributed by atoms with van der Waals surface area (Å²) in [6, 6.07) is 19.8. The number of ether oxygens (including phenoxy) is 1. The van der Waals surface area contributed by atoms with E-state index in [9.17, 15) is 32.5 Å². The Hall–Kier alpha value is -5.39. The molecule has 206 valence electrons. The van der Waals surface area contributed by atoms with Crippen molar-refractivity contribution >= 4 is 22.8 Å². The highest BCUT2D eigenvalue weighted by Crippen LogP contribution is 2.32. The summed E-state index contributed by atoms with van der Waals surface area (Å²) in [7, 11) is 0. The van der Waals surface area contributed by atoms with Crippen LogP contribution in [0.15, 0.2) is 101 Å². The minimum absolute atomic E-state index is 0.00804. The van der Waals surface area contributed by atoms with Crippen LogP contribution in [0.4, 0.5) is 23.2 Å². The molecule has 0 unspecified atom stereocenters. The highest BCUT2D eigenvalue weighted by molar-refractivity contribution is 5.85. The summed E-state index contributed by atoms with van der Waals surface area (Å²) in [6.07, 6.45) is -3.51. The van der Waals surface area contributed by atoms with Gasteiger partial charge < -0.3 is 4.74 Å². The van der Waals surface area contributed by atoms with E-state index in [-0.39, 0.29) is 45.9 Å². The number of para-hydroxylation sites is 1. The number of benzene rings is 4. The van der Waals surface area contributed by atoms with E-state index in [1.165, 1.54) is 60.7 Å². The smallest absolute Gasteiger partial charge is 0.416 e. The molecule has 0 radical (unpaired) electrons. The molecule has 12 heteroatoms. The van der Waals surface area contributed by atoms with E-state index in [0.717, 1.165) is 23.0 Å². The normalized spacial score (nSPS) is 11.7. The van der Waals surface area contributed by atoms with Gasteiger partial charge in [-0.25, -0.2) is 9.37 Å². The summed E-state index contributed by atoms with van der Waals surface area (Å²) >= 11 is 0. The Bertz CT molecular complexity index is 1850. The van der Waals surface area contributed by atoms with Crippen molar-refractivity contribution in [3.8, 4) is 17.1 Å². The number of fused-ring (bicyclic) bond motifs is 1. The molecule has 0 saturated heterocycles. The lowest BCUT2D eigenvalue weighted by Crippen LogP contribution is -2.20. The predicted octanol–water partition coefficient (Wildman–Crippen LogP) is 6.59. The Morgan fingerprint density at radius 2 is 1.73 bits per heavy atom. The summed E-state index contributed by atoms with van der Waals surface area (Å²) in [4.78, 5) is 28.6. The van der Waals surface area contributed by atoms with Crippen molar-refractivity contribution in [2.24, 2.45) is 5.10 Å². The van der Waals surface area contributed by atoms with Crippen LogP contribution in [0.2, 0.25) is 0 Å². The van der Waals surface area contributed by atoms with Crippen molar-refractivity contribution in [2.45, 2.75) is 12.8 Å². The Balaban J connectivity index is 1.62. The lowest BCUT2D eigenvalue weighted by Gasteiger charge is -2.12. The summed E-state index contributed by atoms with van der Waals surface area (Å²) in [6.45, 7) is -0.00804. The number of hydrogen-bond acceptors (Lipinski definition) is 6. The number of nitrogens with zero attached hydrogens (tertiary/aromatic N) is 4. The lowest BCUT2D eigenvalue weighted by molar-refractivity contribution is -0.384. The maximum Gasteiger partial charge on any atom is 0.416 e. The Labute approximate surface area is 228 Å². The number of aromatic nitrogens is 2. The number of non-ortho nitro benzene ring substituents is 1. The number of nitro benzene ring substituents is 1. The standard InChI is InChI=1S/C29H18F4N4O4/c30-22-10-8-18(9-11-22)17-41-26-13-12-23(37(39)40)15-20(26)16-34-36-27(19-4-3-5-21(14-19)29(31,32)33)35-25-7-2-1-6-24(25)28(36)38/h1-16H,17H2. The van der Waals surface area contributed by atoms with Gasteiger partial charge >= 0.3 is 6.18 Å². The molecular formula is C29H18F4N4O4. The molecule has 1 heterocycles. The maximum absolute atomic E-state index is 13.4. The summed E-state index contributed by atoms with van der Waals surface area (Å²) in [5.41, 5.74) is -0.947. The quantitative estimate of drug-likeness (QED) is 0.0965. The molecule has 4 aromatic carbocycles. The number of halogens is 4. The molecule has 0 fully saturated rings. The molecular weight excluding hydrogens is 544 g/mol. The van der Waals surface area contributed by atoms with E-state index in [1.807, 2.05) is 0 Å². The van der Waals surface area contributed by atoms with Gasteiger partial charge in [-0.2, -0.15) is 22.9 Å². The molecule has 0 saturated carbocycles. The third-order valence-corrected chi connectivity index (χ3v) is 6.03. The zero-order valence-corrected chi connectivity index (χ0v) is 20.9. The van der Waals surface area contributed by atoms with Gasteiger partial charge in [0, 0.05) is 23.3 Å². The first-order valence-electron chi connectivity index (χ1n) is 12.0. The van der Waals surface area contributed by atoms with E-state index in [0.29, 0.717) is 5.56 Å². The van der Waals surface area contributed by atoms with Gasteiger partial charge in [0.2, 0.25) is 0 Å². The van der Waals surface area contributed by atoms with Crippen LogP contribution < -0.4 is 10.3 Å². The zero-order chi connectivity index (χ0) is 29.1. The van der Waals surface area contributed by atoms with Crippen molar-refractivity contribution in [1.82, 2.24) is 9.66 Å². The first-order valence-corrected chi connectivity index (χ1v) is 12.0. The van der Waals surface area contributed by atoms with Crippen molar-refractivity contribution in [2.75, 3.05) is 0 Å². The second-order valence-corrected chi connectivity index (χ2v) is 8.79. The molecule has 1 aromatic heterocycles. The van der Waals surface area contributed by atoms with Crippen LogP contribution in [0.3, 0.4) is 0 Å². The molecule has 5 rings (SSSR count). The molecule has 0 bridgehead atoms. The van der Waals surface area contributed by atoms with Crippen molar-refractivity contribution < 1.29 is 27.2 Å². The van der Waals surface area contributed by atoms with Crippen LogP contribution in [-0.4, -0.2) is 20.8 Å². The van der Waals surface area contributed by atoms with E-state index < -0.39 is 28.0 Å². The Morgan fingerprint density at radius 3 is 2.46 bits per heavy atom. The Morgan fingerprint density at radius 1 is 0.976 bits per heavy atom. The number of rotatable bonds is 7. The minimum atomic E-state index is -4.64. The summed E-state index contributed by atoms with van der Waals surface area (Å²) in [5, 5.41) is 15.8. The molecule has 0 aliphatic heterocycles. The maximum atomic E-state index is 13.4. The zero-order valence-electron chi connectivity index (χ0n) is 20.9. The van der Waals surface area contributed by atoms with Gasteiger partial charge in [-0.05, 0) is 48.0 Å². The number of nitro groups is 1. The van der Waals surface area contributed by atoms with Crippen LogP contribution in [0.1, 0.15) is 16.7 Å². The molecule has 0 atom stereocenters. The highest BCUT2D eigenvalue weighted by atomic mass is 19.4. The molecule has 8 nitrogen and oxygen atoms in total. The van der Waals surface area contributed by atoms with Crippen molar-refractivity contribution in [3.05, 3.63) is 134 Å². The van der Waals surface area contributed by atoms with E-state index in [2.05, 4.69) is 10.1 Å². The van der Waals surface area contributed by atoms with Crippen LogP contribution in [0.5, 0.6) is 5.75 Å². The van der Waals surface area contributed by atoms with Crippen LogP contribution in [-0.2, 0) is 12.8 Å². The van der Waals surface area contributed by atoms with Crippen molar-refractivity contribution in [3.63, 3.8) is 0 Å². The van der Waals surface area contributed by atoms with Gasteiger partial charge in [0.25, 0.3) is 11.2 Å². The van der Waals surface area contributed by atoms with E-state index in [1.54, 1.807) is 18.2 Å². The molecule has 41 heavy (non-hydrogen) atoms. The van der Waals surface area contributed by atoms with Gasteiger partial charge in [-0.1, -0.05) is 36.4 Å². The lowest BCUT2D eigenvalue weighted by atomic mass is 10.1.